The van der Waals surface area contributed by atoms with Gasteiger partial charge in [-0.3, -0.25) is 4.79 Å². The minimum Gasteiger partial charge on any atom is -0.466 e. The maximum Gasteiger partial charge on any atom is 0.360 e. The Morgan fingerprint density at radius 2 is 1.38 bits per heavy atom. The van der Waals surface area contributed by atoms with Gasteiger partial charge in [0.15, 0.2) is 0 Å². The molecule has 2 aromatic carbocycles. The third-order valence-corrected chi connectivity index (χ3v) is 3.67. The van der Waals surface area contributed by atoms with Crippen LogP contribution < -0.4 is 0 Å². The molecule has 0 bridgehead atoms. The minimum atomic E-state index is -1.52. The summed E-state index contributed by atoms with van der Waals surface area (Å²) in [5, 5.41) is 0. The summed E-state index contributed by atoms with van der Waals surface area (Å²) in [6, 6.07) is 14.8. The van der Waals surface area contributed by atoms with E-state index in [2.05, 4.69) is 0 Å². The third kappa shape index (κ3) is 1.76. The van der Waals surface area contributed by atoms with E-state index < -0.39 is 17.5 Å². The molecular formula is C17H14O4. The first kappa shape index (κ1) is 13.4. The Hall–Kier alpha value is -2.62. The van der Waals surface area contributed by atoms with Gasteiger partial charge < -0.3 is 9.47 Å². The first-order chi connectivity index (χ1) is 10.1. The second-order valence-corrected chi connectivity index (χ2v) is 4.86. The van der Waals surface area contributed by atoms with Crippen LogP contribution in [0.3, 0.4) is 0 Å². The number of methoxy groups -OCH3 is 1. The quantitative estimate of drug-likeness (QED) is 0.795. The first-order valence-electron chi connectivity index (χ1n) is 6.58. The van der Waals surface area contributed by atoms with Crippen molar-refractivity contribution in [2.24, 2.45) is 0 Å². The van der Waals surface area contributed by atoms with Gasteiger partial charge in [-0.1, -0.05) is 48.5 Å². The molecule has 0 saturated carbocycles. The van der Waals surface area contributed by atoms with Gasteiger partial charge in [0.05, 0.1) is 7.11 Å². The van der Waals surface area contributed by atoms with Crippen LogP contribution in [0.5, 0.6) is 0 Å². The summed E-state index contributed by atoms with van der Waals surface area (Å²) in [6.45, 7) is 1.29. The lowest BCUT2D eigenvalue weighted by Crippen LogP contribution is -2.40. The summed E-state index contributed by atoms with van der Waals surface area (Å²) in [5.74, 6) is -1.14. The van der Waals surface area contributed by atoms with Crippen LogP contribution in [0.2, 0.25) is 0 Å². The standard InChI is InChI=1S/C17H14O4/c1-11(18)21-17(16(19)20-2)14-9-5-3-7-12(14)13-8-4-6-10-15(13)17/h3-10H,1-2H3. The van der Waals surface area contributed by atoms with E-state index in [0.29, 0.717) is 11.1 Å². The maximum absolute atomic E-state index is 12.5. The van der Waals surface area contributed by atoms with Crippen LogP contribution in [-0.2, 0) is 24.7 Å². The van der Waals surface area contributed by atoms with Gasteiger partial charge in [0, 0.05) is 18.1 Å². The molecule has 0 aliphatic heterocycles. The number of fused-ring (bicyclic) bond motifs is 3. The molecule has 4 nitrogen and oxygen atoms in total. The van der Waals surface area contributed by atoms with Crippen molar-refractivity contribution >= 4 is 11.9 Å². The number of carbonyl (C=O) groups is 2. The summed E-state index contributed by atoms with van der Waals surface area (Å²) < 4.78 is 10.4. The minimum absolute atomic E-state index is 0.535. The number of carbonyl (C=O) groups excluding carboxylic acids is 2. The van der Waals surface area contributed by atoms with Crippen molar-refractivity contribution in [2.75, 3.05) is 7.11 Å². The van der Waals surface area contributed by atoms with Gasteiger partial charge in [0.2, 0.25) is 0 Å². The molecule has 0 radical (unpaired) electrons. The molecule has 1 aliphatic rings. The summed E-state index contributed by atoms with van der Waals surface area (Å²) in [5.41, 5.74) is 1.49. The molecule has 0 spiro atoms. The molecule has 0 N–H and O–H groups in total. The van der Waals surface area contributed by atoms with Gasteiger partial charge in [-0.15, -0.1) is 0 Å². The van der Waals surface area contributed by atoms with Crippen molar-refractivity contribution in [3.63, 3.8) is 0 Å². The molecule has 0 fully saturated rings. The largest absolute Gasteiger partial charge is 0.466 e. The van der Waals surface area contributed by atoms with Crippen LogP contribution in [0.25, 0.3) is 11.1 Å². The Bertz CT molecular complexity index is 688. The monoisotopic (exact) mass is 282 g/mol. The topological polar surface area (TPSA) is 52.6 Å². The van der Waals surface area contributed by atoms with E-state index in [1.165, 1.54) is 14.0 Å². The molecule has 0 saturated heterocycles. The highest BCUT2D eigenvalue weighted by molar-refractivity contribution is 5.97. The molecular weight excluding hydrogens is 268 g/mol. The highest BCUT2D eigenvalue weighted by atomic mass is 16.6. The molecule has 0 aromatic heterocycles. The molecule has 0 atom stereocenters. The zero-order valence-corrected chi connectivity index (χ0v) is 11.8. The van der Waals surface area contributed by atoms with Gasteiger partial charge in [0.25, 0.3) is 5.60 Å². The lowest BCUT2D eigenvalue weighted by molar-refractivity contribution is -0.175. The van der Waals surface area contributed by atoms with Crippen molar-refractivity contribution < 1.29 is 19.1 Å². The van der Waals surface area contributed by atoms with Crippen LogP contribution in [0.4, 0.5) is 0 Å². The number of hydrogen-bond acceptors (Lipinski definition) is 4. The maximum atomic E-state index is 12.5. The van der Waals surface area contributed by atoms with Crippen molar-refractivity contribution in [1.29, 1.82) is 0 Å². The van der Waals surface area contributed by atoms with Gasteiger partial charge in [0.1, 0.15) is 0 Å². The lowest BCUT2D eigenvalue weighted by Gasteiger charge is -2.28. The van der Waals surface area contributed by atoms with Crippen LogP contribution in [-0.4, -0.2) is 19.0 Å². The van der Waals surface area contributed by atoms with E-state index in [-0.39, 0.29) is 0 Å². The zero-order valence-electron chi connectivity index (χ0n) is 11.8. The number of benzene rings is 2. The van der Waals surface area contributed by atoms with Crippen molar-refractivity contribution in [2.45, 2.75) is 12.5 Å². The number of ether oxygens (including phenoxy) is 2. The number of rotatable bonds is 2. The Balaban J connectivity index is 2.37. The molecule has 106 valence electrons. The average molecular weight is 282 g/mol. The zero-order chi connectivity index (χ0) is 15.0. The third-order valence-electron chi connectivity index (χ3n) is 3.67. The SMILES string of the molecule is COC(=O)C1(OC(C)=O)c2ccccc2-c2ccccc21. The predicted octanol–water partition coefficient (Wildman–Crippen LogP) is 2.65. The van der Waals surface area contributed by atoms with E-state index in [1.54, 1.807) is 12.1 Å². The molecule has 3 rings (SSSR count). The molecule has 4 heteroatoms. The second kappa shape index (κ2) is 4.74. The smallest absolute Gasteiger partial charge is 0.360 e. The van der Waals surface area contributed by atoms with E-state index in [4.69, 9.17) is 9.47 Å². The molecule has 0 amide bonds. The van der Waals surface area contributed by atoms with E-state index in [1.807, 2.05) is 36.4 Å². The van der Waals surface area contributed by atoms with Crippen LogP contribution in [0, 0.1) is 0 Å². The number of hydrogen-bond donors (Lipinski definition) is 0. The fraction of sp³-hybridized carbons (Fsp3) is 0.176. The normalized spacial score (nSPS) is 14.0. The van der Waals surface area contributed by atoms with Gasteiger partial charge in [-0.25, -0.2) is 4.79 Å². The van der Waals surface area contributed by atoms with E-state index in [9.17, 15) is 9.59 Å². The summed E-state index contributed by atoms with van der Waals surface area (Å²) in [6.07, 6.45) is 0. The van der Waals surface area contributed by atoms with E-state index >= 15 is 0 Å². The van der Waals surface area contributed by atoms with E-state index in [0.717, 1.165) is 11.1 Å². The Morgan fingerprint density at radius 3 is 1.81 bits per heavy atom. The predicted molar refractivity (Wildman–Crippen MR) is 76.4 cm³/mol. The fourth-order valence-electron chi connectivity index (χ4n) is 2.93. The number of esters is 2. The summed E-state index contributed by atoms with van der Waals surface area (Å²) >= 11 is 0. The first-order valence-corrected chi connectivity index (χ1v) is 6.58. The van der Waals surface area contributed by atoms with Crippen LogP contribution in [0.1, 0.15) is 18.1 Å². The van der Waals surface area contributed by atoms with Crippen LogP contribution in [0.15, 0.2) is 48.5 Å². The fourth-order valence-corrected chi connectivity index (χ4v) is 2.93. The summed E-state index contributed by atoms with van der Waals surface area (Å²) in [7, 11) is 1.29. The van der Waals surface area contributed by atoms with Gasteiger partial charge >= 0.3 is 11.9 Å². The molecule has 1 aliphatic carbocycles. The molecule has 0 heterocycles. The van der Waals surface area contributed by atoms with Crippen molar-refractivity contribution in [3.8, 4) is 11.1 Å². The average Bonchev–Trinajstić information content (AvgIpc) is 2.78. The highest BCUT2D eigenvalue weighted by Crippen LogP contribution is 2.50. The molecule has 21 heavy (non-hydrogen) atoms. The van der Waals surface area contributed by atoms with Crippen molar-refractivity contribution in [1.82, 2.24) is 0 Å². The Kier molecular flexibility index (Phi) is 3.01. The lowest BCUT2D eigenvalue weighted by atomic mass is 9.91. The summed E-state index contributed by atoms with van der Waals surface area (Å²) in [4.78, 5) is 24.1. The molecule has 2 aromatic rings. The van der Waals surface area contributed by atoms with Crippen molar-refractivity contribution in [3.05, 3.63) is 59.7 Å². The Morgan fingerprint density at radius 1 is 0.905 bits per heavy atom. The highest BCUT2D eigenvalue weighted by Gasteiger charge is 2.53. The van der Waals surface area contributed by atoms with Crippen LogP contribution >= 0.6 is 0 Å². The van der Waals surface area contributed by atoms with Gasteiger partial charge in [-0.2, -0.15) is 0 Å². The second-order valence-electron chi connectivity index (χ2n) is 4.86. The Labute approximate surface area is 122 Å². The molecule has 0 unspecified atom stereocenters. The van der Waals surface area contributed by atoms with Gasteiger partial charge in [-0.05, 0) is 11.1 Å².